The molecule has 0 atom stereocenters. The van der Waals surface area contributed by atoms with Crippen molar-refractivity contribution in [2.75, 3.05) is 17.6 Å². The molecule has 0 unspecified atom stereocenters. The number of primary sulfonamides is 1. The van der Waals surface area contributed by atoms with Crippen LogP contribution in [0.25, 0.3) is 0 Å². The molecule has 0 radical (unpaired) electrons. The van der Waals surface area contributed by atoms with Gasteiger partial charge in [-0.15, -0.1) is 0 Å². The first kappa shape index (κ1) is 14.4. The van der Waals surface area contributed by atoms with Crippen molar-refractivity contribution in [3.63, 3.8) is 0 Å². The predicted octanol–water partition coefficient (Wildman–Crippen LogP) is 0.179. The number of hydrogen-bond acceptors (Lipinski definition) is 5. The summed E-state index contributed by atoms with van der Waals surface area (Å²) in [7, 11) is -3.46. The van der Waals surface area contributed by atoms with E-state index in [0.29, 0.717) is 24.5 Å². The minimum atomic E-state index is -3.46. The Morgan fingerprint density at radius 1 is 1.50 bits per heavy atom. The van der Waals surface area contributed by atoms with Crippen LogP contribution in [0.2, 0.25) is 0 Å². The lowest BCUT2D eigenvalue weighted by Gasteiger charge is -2.07. The first-order chi connectivity index (χ1) is 8.28. The number of anilines is 1. The summed E-state index contributed by atoms with van der Waals surface area (Å²) in [5.41, 5.74) is 0.709. The van der Waals surface area contributed by atoms with E-state index in [1.54, 1.807) is 6.92 Å². The lowest BCUT2D eigenvalue weighted by atomic mass is 10.2. The highest BCUT2D eigenvalue weighted by molar-refractivity contribution is 7.89. The van der Waals surface area contributed by atoms with Gasteiger partial charge in [0.1, 0.15) is 5.82 Å². The number of rotatable bonds is 6. The van der Waals surface area contributed by atoms with Crippen LogP contribution in [0.5, 0.6) is 0 Å². The van der Waals surface area contributed by atoms with E-state index in [1.165, 1.54) is 12.1 Å². The molecule has 0 fully saturated rings. The molecule has 0 aromatic carbocycles. The molecular weight excluding hydrogens is 258 g/mol. The number of hydrogen-bond donors (Lipinski definition) is 3. The zero-order chi connectivity index (χ0) is 13.8. The molecule has 7 nitrogen and oxygen atoms in total. The number of aromatic carboxylic acids is 1. The predicted molar refractivity (Wildman–Crippen MR) is 67.0 cm³/mol. The van der Waals surface area contributed by atoms with Gasteiger partial charge in [-0.05, 0) is 25.5 Å². The minimum Gasteiger partial charge on any atom is -0.478 e. The Bertz CT molecular complexity index is 542. The average Bonchev–Trinajstić information content (AvgIpc) is 2.22. The highest BCUT2D eigenvalue weighted by Gasteiger charge is 2.07. The molecule has 1 aromatic heterocycles. The van der Waals surface area contributed by atoms with Crippen LogP contribution in [0.4, 0.5) is 5.82 Å². The van der Waals surface area contributed by atoms with Crippen molar-refractivity contribution in [1.29, 1.82) is 0 Å². The maximum atomic E-state index is 10.8. The molecule has 0 spiro atoms. The summed E-state index contributed by atoms with van der Waals surface area (Å²) in [5, 5.41) is 16.6. The molecule has 0 bridgehead atoms. The number of nitrogens with zero attached hydrogens (tertiary/aromatic N) is 1. The molecule has 1 aromatic rings. The summed E-state index contributed by atoms with van der Waals surface area (Å²) >= 11 is 0. The van der Waals surface area contributed by atoms with E-state index in [2.05, 4.69) is 10.3 Å². The summed E-state index contributed by atoms with van der Waals surface area (Å²) < 4.78 is 21.4. The van der Waals surface area contributed by atoms with Crippen LogP contribution in [0, 0.1) is 6.92 Å². The first-order valence-electron chi connectivity index (χ1n) is 5.24. The fourth-order valence-corrected chi connectivity index (χ4v) is 1.92. The molecule has 18 heavy (non-hydrogen) atoms. The average molecular weight is 273 g/mol. The molecule has 0 amide bonds. The fourth-order valence-electron chi connectivity index (χ4n) is 1.37. The first-order valence-corrected chi connectivity index (χ1v) is 6.96. The van der Waals surface area contributed by atoms with Crippen LogP contribution in [-0.4, -0.2) is 36.8 Å². The molecule has 4 N–H and O–H groups in total. The Morgan fingerprint density at radius 2 is 2.17 bits per heavy atom. The SMILES string of the molecule is Cc1cc(C(=O)O)cc(NCCCS(N)(=O)=O)n1. The number of aryl methyl sites for hydroxylation is 1. The number of sulfonamides is 1. The Labute approximate surface area is 105 Å². The van der Waals surface area contributed by atoms with Gasteiger partial charge in [0.2, 0.25) is 10.0 Å². The van der Waals surface area contributed by atoms with Gasteiger partial charge in [0.25, 0.3) is 0 Å². The van der Waals surface area contributed by atoms with Gasteiger partial charge in [-0.3, -0.25) is 0 Å². The highest BCUT2D eigenvalue weighted by atomic mass is 32.2. The maximum absolute atomic E-state index is 10.8. The normalized spacial score (nSPS) is 11.2. The Balaban J connectivity index is 2.60. The van der Waals surface area contributed by atoms with E-state index in [4.69, 9.17) is 10.2 Å². The van der Waals surface area contributed by atoms with Crippen molar-refractivity contribution in [3.8, 4) is 0 Å². The number of aromatic nitrogens is 1. The van der Waals surface area contributed by atoms with Gasteiger partial charge >= 0.3 is 5.97 Å². The molecule has 0 saturated carbocycles. The number of pyridine rings is 1. The van der Waals surface area contributed by atoms with Gasteiger partial charge in [-0.1, -0.05) is 0 Å². The van der Waals surface area contributed by atoms with Crippen molar-refractivity contribution in [3.05, 3.63) is 23.4 Å². The molecule has 0 aliphatic carbocycles. The highest BCUT2D eigenvalue weighted by Crippen LogP contribution is 2.10. The topological polar surface area (TPSA) is 122 Å². The van der Waals surface area contributed by atoms with Crippen molar-refractivity contribution in [1.82, 2.24) is 4.98 Å². The minimum absolute atomic E-state index is 0.127. The van der Waals surface area contributed by atoms with Crippen LogP contribution >= 0.6 is 0 Å². The molecule has 1 heterocycles. The second-order valence-electron chi connectivity index (χ2n) is 3.83. The van der Waals surface area contributed by atoms with Crippen molar-refractivity contribution >= 4 is 21.8 Å². The summed E-state index contributed by atoms with van der Waals surface area (Å²) in [6.07, 6.45) is 0.330. The van der Waals surface area contributed by atoms with Crippen molar-refractivity contribution < 1.29 is 18.3 Å². The smallest absolute Gasteiger partial charge is 0.335 e. The van der Waals surface area contributed by atoms with Crippen LogP contribution in [0.3, 0.4) is 0 Å². The van der Waals surface area contributed by atoms with E-state index in [-0.39, 0.29) is 11.3 Å². The third-order valence-electron chi connectivity index (χ3n) is 2.11. The van der Waals surface area contributed by atoms with Gasteiger partial charge in [-0.25, -0.2) is 23.3 Å². The van der Waals surface area contributed by atoms with Crippen LogP contribution < -0.4 is 10.5 Å². The van der Waals surface area contributed by atoms with E-state index in [0.717, 1.165) is 0 Å². The zero-order valence-corrected chi connectivity index (χ0v) is 10.7. The third kappa shape index (κ3) is 5.11. The Morgan fingerprint density at radius 3 is 2.72 bits per heavy atom. The molecule has 0 aliphatic rings. The maximum Gasteiger partial charge on any atom is 0.335 e. The standard InChI is InChI=1S/C10H15N3O4S/c1-7-5-8(10(14)15)6-9(13-7)12-3-2-4-18(11,16)17/h5-6H,2-4H2,1H3,(H,12,13)(H,14,15)(H2,11,16,17). The van der Waals surface area contributed by atoms with Crippen molar-refractivity contribution in [2.45, 2.75) is 13.3 Å². The van der Waals surface area contributed by atoms with Gasteiger partial charge in [0.15, 0.2) is 0 Å². The monoisotopic (exact) mass is 273 g/mol. The van der Waals surface area contributed by atoms with Crippen LogP contribution in [-0.2, 0) is 10.0 Å². The Hall–Kier alpha value is -1.67. The van der Waals surface area contributed by atoms with Gasteiger partial charge in [-0.2, -0.15) is 0 Å². The lowest BCUT2D eigenvalue weighted by molar-refractivity contribution is 0.0696. The van der Waals surface area contributed by atoms with Crippen LogP contribution in [0.1, 0.15) is 22.5 Å². The summed E-state index contributed by atoms with van der Waals surface area (Å²) in [4.78, 5) is 14.9. The quantitative estimate of drug-likeness (QED) is 0.635. The fraction of sp³-hybridized carbons (Fsp3) is 0.400. The number of nitrogens with two attached hydrogens (primary N) is 1. The second kappa shape index (κ2) is 5.78. The number of carboxylic acids is 1. The van der Waals surface area contributed by atoms with E-state index >= 15 is 0 Å². The van der Waals surface area contributed by atoms with E-state index < -0.39 is 16.0 Å². The van der Waals surface area contributed by atoms with Gasteiger partial charge in [0.05, 0.1) is 11.3 Å². The van der Waals surface area contributed by atoms with E-state index in [1.807, 2.05) is 0 Å². The van der Waals surface area contributed by atoms with Crippen LogP contribution in [0.15, 0.2) is 12.1 Å². The molecular formula is C10H15N3O4S. The summed E-state index contributed by atoms with van der Waals surface area (Å²) in [6, 6.07) is 2.85. The molecule has 8 heteroatoms. The molecule has 100 valence electrons. The Kier molecular flexibility index (Phi) is 4.62. The molecule has 0 aliphatic heterocycles. The molecule has 0 saturated heterocycles. The van der Waals surface area contributed by atoms with Gasteiger partial charge < -0.3 is 10.4 Å². The third-order valence-corrected chi connectivity index (χ3v) is 2.97. The second-order valence-corrected chi connectivity index (χ2v) is 5.57. The largest absolute Gasteiger partial charge is 0.478 e. The lowest BCUT2D eigenvalue weighted by Crippen LogP contribution is -2.19. The number of carboxylic acid groups (broad SMARTS) is 1. The summed E-state index contributed by atoms with van der Waals surface area (Å²) in [6.45, 7) is 2.04. The summed E-state index contributed by atoms with van der Waals surface area (Å²) in [5.74, 6) is -0.757. The van der Waals surface area contributed by atoms with E-state index in [9.17, 15) is 13.2 Å². The number of carbonyl (C=O) groups is 1. The number of nitrogens with one attached hydrogen (secondary N) is 1. The molecule has 1 rings (SSSR count). The van der Waals surface area contributed by atoms with Crippen molar-refractivity contribution in [2.24, 2.45) is 5.14 Å². The van der Waals surface area contributed by atoms with Gasteiger partial charge in [0, 0.05) is 12.2 Å². The zero-order valence-electron chi connectivity index (χ0n) is 9.88.